The maximum absolute atomic E-state index is 10.9. The van der Waals surface area contributed by atoms with Crippen molar-refractivity contribution in [3.8, 4) is 0 Å². The number of aliphatic imine (C=N–C) groups is 1. The van der Waals surface area contributed by atoms with E-state index in [9.17, 15) is 5.11 Å². The van der Waals surface area contributed by atoms with Gasteiger partial charge < -0.3 is 24.9 Å². The predicted octanol–water partition coefficient (Wildman–Crippen LogP) is 2.14. The summed E-state index contributed by atoms with van der Waals surface area (Å²) >= 11 is 0. The molecule has 2 fully saturated rings. The zero-order valence-corrected chi connectivity index (χ0v) is 19.8. The number of hydrogen-bond acceptors (Lipinski definition) is 5. The standard InChI is InChI=1S/C20H34N4O3.HI/c1-5-21-19(22-10-17-11-24-8-6-7-16(24)12-26-17)23-13-20(4,25)18-9-14(2)27-15(18)3;/h9,16-17,25H,5-8,10-13H2,1-4H3,(H2,21,22,23);1H. The fourth-order valence-corrected chi connectivity index (χ4v) is 4.05. The Morgan fingerprint density at radius 1 is 1.39 bits per heavy atom. The molecule has 28 heavy (non-hydrogen) atoms. The van der Waals surface area contributed by atoms with Crippen LogP contribution < -0.4 is 10.6 Å². The van der Waals surface area contributed by atoms with Crippen LogP contribution in [0, 0.1) is 13.8 Å². The van der Waals surface area contributed by atoms with Crippen molar-refractivity contribution in [3.05, 3.63) is 23.2 Å². The molecule has 2 saturated heterocycles. The molecule has 3 heterocycles. The van der Waals surface area contributed by atoms with Crippen molar-refractivity contribution in [2.75, 3.05) is 39.3 Å². The smallest absolute Gasteiger partial charge is 0.191 e. The number of furan rings is 1. The molecule has 3 unspecified atom stereocenters. The van der Waals surface area contributed by atoms with Crippen LogP contribution in [0.15, 0.2) is 15.5 Å². The molecule has 2 aliphatic heterocycles. The van der Waals surface area contributed by atoms with E-state index in [0.717, 1.165) is 36.8 Å². The van der Waals surface area contributed by atoms with Crippen molar-refractivity contribution in [1.82, 2.24) is 15.5 Å². The zero-order valence-electron chi connectivity index (χ0n) is 17.5. The number of fused-ring (bicyclic) bond motifs is 1. The molecular formula is C20H35IN4O3. The van der Waals surface area contributed by atoms with E-state index in [1.807, 2.05) is 26.8 Å². The second-order valence-corrected chi connectivity index (χ2v) is 7.92. The van der Waals surface area contributed by atoms with Crippen LogP contribution in [0.2, 0.25) is 0 Å². The first kappa shape index (κ1) is 23.4. The van der Waals surface area contributed by atoms with E-state index < -0.39 is 5.60 Å². The number of nitrogens with one attached hydrogen (secondary N) is 2. The number of guanidine groups is 1. The highest BCUT2D eigenvalue weighted by molar-refractivity contribution is 14.0. The second-order valence-electron chi connectivity index (χ2n) is 7.92. The lowest BCUT2D eigenvalue weighted by molar-refractivity contribution is -0.0453. The summed E-state index contributed by atoms with van der Waals surface area (Å²) < 4.78 is 11.6. The largest absolute Gasteiger partial charge is 0.466 e. The first-order chi connectivity index (χ1) is 12.9. The lowest BCUT2D eigenvalue weighted by Crippen LogP contribution is -2.51. The van der Waals surface area contributed by atoms with Crippen molar-refractivity contribution >= 4 is 29.9 Å². The maximum atomic E-state index is 10.9. The van der Waals surface area contributed by atoms with E-state index in [1.54, 1.807) is 6.92 Å². The summed E-state index contributed by atoms with van der Waals surface area (Å²) in [5.41, 5.74) is -0.288. The molecule has 0 aliphatic carbocycles. The quantitative estimate of drug-likeness (QED) is 0.312. The first-order valence-electron chi connectivity index (χ1n) is 10.1. The van der Waals surface area contributed by atoms with Gasteiger partial charge in [0, 0.05) is 31.2 Å². The van der Waals surface area contributed by atoms with E-state index in [1.165, 1.54) is 19.4 Å². The van der Waals surface area contributed by atoms with Crippen LogP contribution >= 0.6 is 24.0 Å². The topological polar surface area (TPSA) is 82.3 Å². The van der Waals surface area contributed by atoms with Gasteiger partial charge in [0.1, 0.15) is 17.1 Å². The third kappa shape index (κ3) is 5.84. The number of hydrogen-bond donors (Lipinski definition) is 3. The Morgan fingerprint density at radius 2 is 2.18 bits per heavy atom. The first-order valence-corrected chi connectivity index (χ1v) is 10.1. The molecule has 0 radical (unpaired) electrons. The normalized spacial score (nSPS) is 25.0. The molecule has 7 nitrogen and oxygen atoms in total. The molecule has 1 aromatic rings. The van der Waals surface area contributed by atoms with E-state index >= 15 is 0 Å². The summed E-state index contributed by atoms with van der Waals surface area (Å²) in [7, 11) is 0. The summed E-state index contributed by atoms with van der Waals surface area (Å²) in [4.78, 5) is 7.13. The predicted molar refractivity (Wildman–Crippen MR) is 121 cm³/mol. The van der Waals surface area contributed by atoms with Crippen molar-refractivity contribution in [2.45, 2.75) is 58.3 Å². The van der Waals surface area contributed by atoms with E-state index in [-0.39, 0.29) is 36.6 Å². The molecule has 0 amide bonds. The lowest BCUT2D eigenvalue weighted by Gasteiger charge is -2.35. The molecule has 0 aromatic carbocycles. The van der Waals surface area contributed by atoms with Crippen LogP contribution in [0.4, 0.5) is 0 Å². The fraction of sp³-hybridized carbons (Fsp3) is 0.750. The average Bonchev–Trinajstić information content (AvgIpc) is 3.23. The zero-order chi connectivity index (χ0) is 19.4. The van der Waals surface area contributed by atoms with Gasteiger partial charge in [-0.3, -0.25) is 4.90 Å². The van der Waals surface area contributed by atoms with Crippen LogP contribution in [0.25, 0.3) is 0 Å². The highest BCUT2D eigenvalue weighted by Gasteiger charge is 2.32. The minimum absolute atomic E-state index is 0. The molecule has 1 aromatic heterocycles. The SMILES string of the molecule is CCNC(=NCC(C)(O)c1cc(C)oc1C)NCC1CN2CCCC2CO1.I. The van der Waals surface area contributed by atoms with Gasteiger partial charge in [0.05, 0.1) is 19.3 Å². The monoisotopic (exact) mass is 506 g/mol. The number of aryl methyl sites for hydroxylation is 2. The van der Waals surface area contributed by atoms with E-state index in [4.69, 9.17) is 9.15 Å². The van der Waals surface area contributed by atoms with Gasteiger partial charge in [-0.1, -0.05) is 0 Å². The van der Waals surface area contributed by atoms with Gasteiger partial charge in [-0.15, -0.1) is 24.0 Å². The Balaban J connectivity index is 0.00000280. The Hall–Kier alpha value is -0.840. The van der Waals surface area contributed by atoms with Crippen molar-refractivity contribution in [3.63, 3.8) is 0 Å². The number of morpholine rings is 1. The lowest BCUT2D eigenvalue weighted by atomic mass is 9.96. The third-order valence-electron chi connectivity index (χ3n) is 5.47. The molecule has 0 spiro atoms. The number of halogens is 1. The highest BCUT2D eigenvalue weighted by atomic mass is 127. The van der Waals surface area contributed by atoms with Crippen LogP contribution in [0.5, 0.6) is 0 Å². The molecule has 3 atom stereocenters. The number of aliphatic hydroxyl groups is 1. The van der Waals surface area contributed by atoms with Gasteiger partial charge in [0.25, 0.3) is 0 Å². The molecule has 2 aliphatic rings. The summed E-state index contributed by atoms with van der Waals surface area (Å²) in [5.74, 6) is 2.23. The number of ether oxygens (including phenoxy) is 1. The van der Waals surface area contributed by atoms with Crippen molar-refractivity contribution in [2.24, 2.45) is 4.99 Å². The molecular weight excluding hydrogens is 471 g/mol. The number of rotatable bonds is 6. The van der Waals surface area contributed by atoms with Gasteiger partial charge in [-0.25, -0.2) is 4.99 Å². The molecule has 0 saturated carbocycles. The van der Waals surface area contributed by atoms with Crippen LogP contribution in [-0.4, -0.2) is 67.4 Å². The fourth-order valence-electron chi connectivity index (χ4n) is 4.05. The molecule has 3 N–H and O–H groups in total. The highest BCUT2D eigenvalue weighted by Crippen LogP contribution is 2.27. The summed E-state index contributed by atoms with van der Waals surface area (Å²) in [6.07, 6.45) is 2.70. The Labute approximate surface area is 185 Å². The van der Waals surface area contributed by atoms with E-state index in [2.05, 4.69) is 20.5 Å². The molecule has 0 bridgehead atoms. The maximum Gasteiger partial charge on any atom is 0.191 e. The average molecular weight is 506 g/mol. The van der Waals surface area contributed by atoms with Crippen molar-refractivity contribution < 1.29 is 14.3 Å². The Morgan fingerprint density at radius 3 is 2.86 bits per heavy atom. The van der Waals surface area contributed by atoms with Gasteiger partial charge in [0.15, 0.2) is 5.96 Å². The second kappa shape index (κ2) is 10.3. The number of nitrogens with zero attached hydrogens (tertiary/aromatic N) is 2. The Kier molecular flexibility index (Phi) is 8.60. The minimum atomic E-state index is -1.08. The van der Waals surface area contributed by atoms with Gasteiger partial charge in [0.2, 0.25) is 0 Å². The molecule has 8 heteroatoms. The van der Waals surface area contributed by atoms with Gasteiger partial charge in [-0.2, -0.15) is 0 Å². The Bertz CT molecular complexity index is 662. The third-order valence-corrected chi connectivity index (χ3v) is 5.47. The molecule has 160 valence electrons. The van der Waals surface area contributed by atoms with Crippen LogP contribution in [-0.2, 0) is 10.3 Å². The van der Waals surface area contributed by atoms with Gasteiger partial charge >= 0.3 is 0 Å². The summed E-state index contributed by atoms with van der Waals surface area (Å²) in [5, 5.41) is 17.5. The summed E-state index contributed by atoms with van der Waals surface area (Å²) in [6.45, 7) is 12.3. The minimum Gasteiger partial charge on any atom is -0.466 e. The summed E-state index contributed by atoms with van der Waals surface area (Å²) in [6, 6.07) is 2.49. The van der Waals surface area contributed by atoms with Crippen LogP contribution in [0.3, 0.4) is 0 Å². The molecule has 3 rings (SSSR count). The van der Waals surface area contributed by atoms with Crippen LogP contribution in [0.1, 0.15) is 43.8 Å². The van der Waals surface area contributed by atoms with Crippen molar-refractivity contribution in [1.29, 1.82) is 0 Å². The van der Waals surface area contributed by atoms with Gasteiger partial charge in [-0.05, 0) is 53.1 Å². The van der Waals surface area contributed by atoms with E-state index in [0.29, 0.717) is 18.5 Å².